The van der Waals surface area contributed by atoms with Crippen molar-refractivity contribution in [2.45, 2.75) is 57.6 Å². The molecule has 1 spiro atoms. The van der Waals surface area contributed by atoms with Crippen molar-refractivity contribution >= 4 is 17.9 Å². The minimum absolute atomic E-state index is 0.00981. The molecular weight excluding hydrogens is 388 g/mol. The lowest BCUT2D eigenvalue weighted by Crippen LogP contribution is -2.44. The Morgan fingerprint density at radius 3 is 2.67 bits per heavy atom. The third-order valence-electron chi connectivity index (χ3n) is 5.69. The molecule has 2 fully saturated rings. The molecule has 30 heavy (non-hydrogen) atoms. The second-order valence-corrected chi connectivity index (χ2v) is 7.65. The zero-order valence-corrected chi connectivity index (χ0v) is 16.8. The van der Waals surface area contributed by atoms with Crippen molar-refractivity contribution in [2.24, 2.45) is 0 Å². The highest BCUT2D eigenvalue weighted by molar-refractivity contribution is 6.07. The van der Waals surface area contributed by atoms with Gasteiger partial charge in [0, 0.05) is 12.1 Å². The molecular formula is C21H24N4O5. The molecule has 1 saturated heterocycles. The van der Waals surface area contributed by atoms with E-state index in [0.717, 1.165) is 29.7 Å². The molecule has 0 unspecified atom stereocenters. The number of carbonyl (C=O) groups is 3. The first-order valence-electron chi connectivity index (χ1n) is 10.2. The highest BCUT2D eigenvalue weighted by Gasteiger charge is 2.52. The zero-order chi connectivity index (χ0) is 21.1. The van der Waals surface area contributed by atoms with Crippen LogP contribution in [0.2, 0.25) is 0 Å². The summed E-state index contributed by atoms with van der Waals surface area (Å²) >= 11 is 0. The molecule has 3 amide bonds. The van der Waals surface area contributed by atoms with E-state index in [0.29, 0.717) is 18.7 Å². The van der Waals surface area contributed by atoms with Crippen LogP contribution < -0.4 is 5.32 Å². The smallest absolute Gasteiger partial charge is 0.325 e. The lowest BCUT2D eigenvalue weighted by Gasteiger charge is -2.19. The monoisotopic (exact) mass is 412 g/mol. The fourth-order valence-corrected chi connectivity index (χ4v) is 3.93. The molecule has 1 aromatic heterocycles. The largest absolute Gasteiger partial charge is 0.456 e. The molecule has 0 radical (unpaired) electrons. The normalized spacial score (nSPS) is 17.6. The van der Waals surface area contributed by atoms with Crippen molar-refractivity contribution < 1.29 is 23.6 Å². The van der Waals surface area contributed by atoms with Crippen LogP contribution in [0.4, 0.5) is 4.79 Å². The molecule has 0 bridgehead atoms. The van der Waals surface area contributed by atoms with E-state index >= 15 is 0 Å². The SMILES string of the molecule is CCc1ccc(-c2noc(COC(=O)CCN3C(=O)NC4(CCCC4)C3=O)n2)cc1. The number of aromatic nitrogens is 2. The second kappa shape index (κ2) is 8.25. The Balaban J connectivity index is 1.27. The molecule has 1 aromatic carbocycles. The van der Waals surface area contributed by atoms with E-state index in [2.05, 4.69) is 22.4 Å². The van der Waals surface area contributed by atoms with Crippen molar-refractivity contribution in [1.82, 2.24) is 20.4 Å². The summed E-state index contributed by atoms with van der Waals surface area (Å²) in [6.07, 6.45) is 3.99. The molecule has 9 nitrogen and oxygen atoms in total. The number of ether oxygens (including phenoxy) is 1. The van der Waals surface area contributed by atoms with Gasteiger partial charge in [-0.25, -0.2) is 4.79 Å². The Morgan fingerprint density at radius 1 is 1.23 bits per heavy atom. The van der Waals surface area contributed by atoms with Crippen molar-refractivity contribution in [3.8, 4) is 11.4 Å². The molecule has 2 aliphatic rings. The van der Waals surface area contributed by atoms with Gasteiger partial charge >= 0.3 is 12.0 Å². The van der Waals surface area contributed by atoms with Gasteiger partial charge in [0.05, 0.1) is 6.42 Å². The third kappa shape index (κ3) is 3.92. The minimum atomic E-state index is -0.767. The lowest BCUT2D eigenvalue weighted by atomic mass is 9.98. The van der Waals surface area contributed by atoms with E-state index in [1.807, 2.05) is 24.3 Å². The maximum Gasteiger partial charge on any atom is 0.325 e. The number of rotatable bonds is 7. The van der Waals surface area contributed by atoms with Gasteiger partial charge in [0.2, 0.25) is 5.82 Å². The number of aryl methyl sites for hydroxylation is 1. The summed E-state index contributed by atoms with van der Waals surface area (Å²) in [5.74, 6) is -0.189. The van der Waals surface area contributed by atoms with Gasteiger partial charge in [0.15, 0.2) is 6.61 Å². The summed E-state index contributed by atoms with van der Waals surface area (Å²) in [5.41, 5.74) is 1.25. The summed E-state index contributed by atoms with van der Waals surface area (Å²) in [4.78, 5) is 42.1. The molecule has 1 aliphatic carbocycles. The van der Waals surface area contributed by atoms with Gasteiger partial charge in [0.25, 0.3) is 11.8 Å². The lowest BCUT2D eigenvalue weighted by molar-refractivity contribution is -0.146. The predicted molar refractivity (Wildman–Crippen MR) is 105 cm³/mol. The summed E-state index contributed by atoms with van der Waals surface area (Å²) in [6.45, 7) is 1.90. The number of benzene rings is 1. The van der Waals surface area contributed by atoms with Gasteiger partial charge in [0.1, 0.15) is 5.54 Å². The van der Waals surface area contributed by atoms with Crippen LogP contribution in [0.3, 0.4) is 0 Å². The third-order valence-corrected chi connectivity index (χ3v) is 5.69. The van der Waals surface area contributed by atoms with Crippen LogP contribution in [0.25, 0.3) is 11.4 Å². The molecule has 158 valence electrons. The molecule has 2 heterocycles. The van der Waals surface area contributed by atoms with Gasteiger partial charge < -0.3 is 14.6 Å². The first-order chi connectivity index (χ1) is 14.5. The van der Waals surface area contributed by atoms with Crippen LogP contribution in [0.5, 0.6) is 0 Å². The molecule has 9 heteroatoms. The van der Waals surface area contributed by atoms with Crippen LogP contribution >= 0.6 is 0 Å². The maximum atomic E-state index is 12.6. The van der Waals surface area contributed by atoms with Gasteiger partial charge in [-0.1, -0.05) is 49.2 Å². The van der Waals surface area contributed by atoms with E-state index < -0.39 is 17.5 Å². The summed E-state index contributed by atoms with van der Waals surface area (Å²) in [7, 11) is 0. The summed E-state index contributed by atoms with van der Waals surface area (Å²) in [6, 6.07) is 7.38. The first kappa shape index (κ1) is 20.1. The molecule has 1 N–H and O–H groups in total. The number of amides is 3. The fourth-order valence-electron chi connectivity index (χ4n) is 3.93. The van der Waals surface area contributed by atoms with Crippen LogP contribution in [0, 0.1) is 0 Å². The predicted octanol–water partition coefficient (Wildman–Crippen LogP) is 2.60. The maximum absolute atomic E-state index is 12.6. The summed E-state index contributed by atoms with van der Waals surface area (Å²) in [5, 5.41) is 6.69. The van der Waals surface area contributed by atoms with Crippen molar-refractivity contribution in [2.75, 3.05) is 6.54 Å². The van der Waals surface area contributed by atoms with E-state index in [1.165, 1.54) is 5.56 Å². The molecule has 2 aromatic rings. The highest BCUT2D eigenvalue weighted by Crippen LogP contribution is 2.35. The van der Waals surface area contributed by atoms with Gasteiger partial charge in [-0.2, -0.15) is 4.98 Å². The number of carbonyl (C=O) groups excluding carboxylic acids is 3. The Labute approximate surface area is 173 Å². The van der Waals surface area contributed by atoms with Crippen LogP contribution in [-0.4, -0.2) is 45.0 Å². The number of urea groups is 1. The Bertz CT molecular complexity index is 947. The van der Waals surface area contributed by atoms with E-state index in [1.54, 1.807) is 0 Å². The van der Waals surface area contributed by atoms with E-state index in [9.17, 15) is 14.4 Å². The van der Waals surface area contributed by atoms with Gasteiger partial charge in [-0.15, -0.1) is 0 Å². The Hall–Kier alpha value is -3.23. The standard InChI is InChI=1S/C21H24N4O5/c1-2-14-5-7-15(8-6-14)18-22-16(30-24-18)13-29-17(26)9-12-25-19(27)21(23-20(25)28)10-3-4-11-21/h5-8H,2-4,9-13H2,1H3,(H,23,28). The second-order valence-electron chi connectivity index (χ2n) is 7.65. The Morgan fingerprint density at radius 2 is 1.97 bits per heavy atom. The minimum Gasteiger partial charge on any atom is -0.456 e. The average Bonchev–Trinajstić information content (AvgIpc) is 3.47. The van der Waals surface area contributed by atoms with Crippen molar-refractivity contribution in [1.29, 1.82) is 0 Å². The highest BCUT2D eigenvalue weighted by atomic mass is 16.6. The number of nitrogens with zero attached hydrogens (tertiary/aromatic N) is 3. The van der Waals surface area contributed by atoms with Gasteiger partial charge in [-0.05, 0) is 24.8 Å². The van der Waals surface area contributed by atoms with Crippen molar-refractivity contribution in [3.63, 3.8) is 0 Å². The summed E-state index contributed by atoms with van der Waals surface area (Å²) < 4.78 is 10.3. The van der Waals surface area contributed by atoms with E-state index in [-0.39, 0.29) is 31.4 Å². The van der Waals surface area contributed by atoms with E-state index in [4.69, 9.17) is 9.26 Å². The number of nitrogens with one attached hydrogen (secondary N) is 1. The average molecular weight is 412 g/mol. The quantitative estimate of drug-likeness (QED) is 0.549. The molecule has 1 aliphatic heterocycles. The zero-order valence-electron chi connectivity index (χ0n) is 16.8. The molecule has 1 saturated carbocycles. The number of hydrogen-bond acceptors (Lipinski definition) is 7. The topological polar surface area (TPSA) is 115 Å². The van der Waals surface area contributed by atoms with Gasteiger partial charge in [-0.3, -0.25) is 14.5 Å². The Kier molecular flexibility index (Phi) is 5.52. The number of hydrogen-bond donors (Lipinski definition) is 1. The van der Waals surface area contributed by atoms with Crippen LogP contribution in [0.15, 0.2) is 28.8 Å². The molecule has 4 rings (SSSR count). The molecule has 0 atom stereocenters. The number of imide groups is 1. The first-order valence-corrected chi connectivity index (χ1v) is 10.2. The van der Waals surface area contributed by atoms with Crippen molar-refractivity contribution in [3.05, 3.63) is 35.7 Å². The van der Waals surface area contributed by atoms with Crippen LogP contribution in [-0.2, 0) is 27.4 Å². The van der Waals surface area contributed by atoms with Crippen LogP contribution in [0.1, 0.15) is 50.5 Å². The fraction of sp³-hybridized carbons (Fsp3) is 0.476. The number of esters is 1.